The van der Waals surface area contributed by atoms with Crippen LogP contribution in [-0.2, 0) is 13.1 Å². The summed E-state index contributed by atoms with van der Waals surface area (Å²) >= 11 is 5.72. The molecular weight excluding hydrogens is 350 g/mol. The molecule has 0 amide bonds. The largest absolute Gasteiger partial charge is 0.340 e. The SMILES string of the molecule is Fc1cccc(-c2nc3c([nH]2)CN(Cc2ccc(Cl)nn2)N=C3)c1F. The second kappa shape index (κ2) is 6.21. The maximum atomic E-state index is 13.9. The number of aromatic amines is 1. The Morgan fingerprint density at radius 1 is 1.16 bits per heavy atom. The van der Waals surface area contributed by atoms with Gasteiger partial charge in [0.25, 0.3) is 0 Å². The molecule has 0 unspecified atom stereocenters. The zero-order valence-corrected chi connectivity index (χ0v) is 13.5. The van der Waals surface area contributed by atoms with Crippen LogP contribution in [0.3, 0.4) is 0 Å². The minimum atomic E-state index is -0.932. The number of benzene rings is 1. The molecule has 9 heteroatoms. The topological polar surface area (TPSA) is 70.1 Å². The van der Waals surface area contributed by atoms with Crippen molar-refractivity contribution in [3.63, 3.8) is 0 Å². The molecule has 0 aliphatic carbocycles. The Hall–Kier alpha value is -2.87. The first-order chi connectivity index (χ1) is 12.1. The highest BCUT2D eigenvalue weighted by Crippen LogP contribution is 2.25. The van der Waals surface area contributed by atoms with Gasteiger partial charge in [0.05, 0.1) is 36.3 Å². The minimum absolute atomic E-state index is 0.0814. The number of halogens is 3. The quantitative estimate of drug-likeness (QED) is 0.779. The summed E-state index contributed by atoms with van der Waals surface area (Å²) in [5.41, 5.74) is 2.14. The molecule has 25 heavy (non-hydrogen) atoms. The maximum Gasteiger partial charge on any atom is 0.169 e. The van der Waals surface area contributed by atoms with Crippen LogP contribution in [0.4, 0.5) is 8.78 Å². The van der Waals surface area contributed by atoms with Crippen LogP contribution in [0.25, 0.3) is 11.4 Å². The number of hydrazone groups is 1. The molecule has 2 aromatic heterocycles. The lowest BCUT2D eigenvalue weighted by molar-refractivity contribution is 0.260. The van der Waals surface area contributed by atoms with Gasteiger partial charge in [0.15, 0.2) is 16.8 Å². The normalized spacial score (nSPS) is 13.2. The summed E-state index contributed by atoms with van der Waals surface area (Å²) in [6.07, 6.45) is 1.57. The summed E-state index contributed by atoms with van der Waals surface area (Å²) in [6, 6.07) is 7.40. The third-order valence-electron chi connectivity index (χ3n) is 3.73. The van der Waals surface area contributed by atoms with E-state index in [1.807, 2.05) is 0 Å². The van der Waals surface area contributed by atoms with Crippen molar-refractivity contribution in [1.29, 1.82) is 0 Å². The first-order valence-corrected chi connectivity index (χ1v) is 7.78. The van der Waals surface area contributed by atoms with Gasteiger partial charge in [-0.1, -0.05) is 17.7 Å². The Morgan fingerprint density at radius 2 is 2.04 bits per heavy atom. The van der Waals surface area contributed by atoms with Gasteiger partial charge in [-0.3, -0.25) is 5.01 Å². The molecule has 126 valence electrons. The lowest BCUT2D eigenvalue weighted by Gasteiger charge is -2.20. The van der Waals surface area contributed by atoms with Crippen LogP contribution in [0.15, 0.2) is 35.4 Å². The van der Waals surface area contributed by atoms with E-state index in [-0.39, 0.29) is 11.4 Å². The molecule has 1 N–H and O–H groups in total. The van der Waals surface area contributed by atoms with E-state index in [1.165, 1.54) is 12.1 Å². The van der Waals surface area contributed by atoms with Gasteiger partial charge < -0.3 is 4.98 Å². The van der Waals surface area contributed by atoms with E-state index < -0.39 is 11.6 Å². The summed E-state index contributed by atoms with van der Waals surface area (Å²) < 4.78 is 27.4. The first kappa shape index (κ1) is 15.6. The van der Waals surface area contributed by atoms with Crippen molar-refractivity contribution in [2.24, 2.45) is 5.10 Å². The second-order valence-corrected chi connectivity index (χ2v) is 5.85. The van der Waals surface area contributed by atoms with Crippen molar-refractivity contribution >= 4 is 17.8 Å². The standard InChI is InChI=1S/C16H11ClF2N6/c17-14-5-4-9(23-24-14)7-25-8-13-12(6-20-25)21-16(22-13)10-2-1-3-11(18)15(10)19/h1-6H,7-8H2,(H,21,22). The van der Waals surface area contributed by atoms with Gasteiger partial charge in [-0.25, -0.2) is 13.8 Å². The third-order valence-corrected chi connectivity index (χ3v) is 3.93. The van der Waals surface area contributed by atoms with Crippen molar-refractivity contribution in [2.75, 3.05) is 0 Å². The van der Waals surface area contributed by atoms with Crippen molar-refractivity contribution in [3.05, 3.63) is 64.2 Å². The number of imidazole rings is 1. The molecule has 3 aromatic rings. The number of hydrogen-bond acceptors (Lipinski definition) is 5. The lowest BCUT2D eigenvalue weighted by atomic mass is 10.2. The van der Waals surface area contributed by atoms with E-state index in [2.05, 4.69) is 25.3 Å². The van der Waals surface area contributed by atoms with Crippen LogP contribution in [0.1, 0.15) is 17.1 Å². The fraction of sp³-hybridized carbons (Fsp3) is 0.125. The molecule has 1 aromatic carbocycles. The summed E-state index contributed by atoms with van der Waals surface area (Å²) in [7, 11) is 0. The molecule has 0 fully saturated rings. The van der Waals surface area contributed by atoms with Crippen molar-refractivity contribution in [2.45, 2.75) is 13.1 Å². The van der Waals surface area contributed by atoms with Crippen LogP contribution < -0.4 is 0 Å². The minimum Gasteiger partial charge on any atom is -0.340 e. The Balaban J connectivity index is 1.57. The molecule has 6 nitrogen and oxygen atoms in total. The highest BCUT2D eigenvalue weighted by atomic mass is 35.5. The lowest BCUT2D eigenvalue weighted by Crippen LogP contribution is -2.22. The number of H-pyrrole nitrogens is 1. The zero-order chi connectivity index (χ0) is 17.4. The van der Waals surface area contributed by atoms with Gasteiger partial charge in [0, 0.05) is 0 Å². The van der Waals surface area contributed by atoms with Crippen LogP contribution in [-0.4, -0.2) is 31.4 Å². The summed E-state index contributed by atoms with van der Waals surface area (Å²) in [5, 5.41) is 14.1. The monoisotopic (exact) mass is 360 g/mol. The Bertz CT molecular complexity index is 954. The fourth-order valence-corrected chi connectivity index (χ4v) is 2.64. The highest BCUT2D eigenvalue weighted by molar-refractivity contribution is 6.29. The molecule has 0 radical (unpaired) electrons. The van der Waals surface area contributed by atoms with E-state index in [0.717, 1.165) is 11.8 Å². The van der Waals surface area contributed by atoms with Crippen molar-refractivity contribution < 1.29 is 8.78 Å². The third kappa shape index (κ3) is 3.08. The maximum absolute atomic E-state index is 13.9. The molecule has 4 rings (SSSR count). The smallest absolute Gasteiger partial charge is 0.169 e. The summed E-state index contributed by atoms with van der Waals surface area (Å²) in [5.74, 6) is -1.58. The Kier molecular flexibility index (Phi) is 3.89. The number of hydrogen-bond donors (Lipinski definition) is 1. The molecule has 3 heterocycles. The number of aromatic nitrogens is 4. The Morgan fingerprint density at radius 3 is 2.84 bits per heavy atom. The van der Waals surface area contributed by atoms with Gasteiger partial charge in [0.1, 0.15) is 11.5 Å². The second-order valence-electron chi connectivity index (χ2n) is 5.47. The van der Waals surface area contributed by atoms with Crippen molar-refractivity contribution in [3.8, 4) is 11.4 Å². The van der Waals surface area contributed by atoms with Gasteiger partial charge in [-0.15, -0.1) is 5.10 Å². The Labute approximate surface area is 146 Å². The fourth-order valence-electron chi connectivity index (χ4n) is 2.54. The molecule has 0 spiro atoms. The van der Waals surface area contributed by atoms with Crippen LogP contribution >= 0.6 is 11.6 Å². The average Bonchev–Trinajstić information content (AvgIpc) is 3.02. The number of nitrogens with one attached hydrogen (secondary N) is 1. The van der Waals surface area contributed by atoms with Gasteiger partial charge in [0.2, 0.25) is 0 Å². The van der Waals surface area contributed by atoms with E-state index in [9.17, 15) is 8.78 Å². The molecule has 1 aliphatic heterocycles. The number of fused-ring (bicyclic) bond motifs is 1. The van der Waals surface area contributed by atoms with Crippen molar-refractivity contribution in [1.82, 2.24) is 25.2 Å². The molecule has 1 aliphatic rings. The van der Waals surface area contributed by atoms with Crippen LogP contribution in [0.2, 0.25) is 5.15 Å². The molecular formula is C16H11ClF2N6. The number of nitrogens with zero attached hydrogens (tertiary/aromatic N) is 5. The van der Waals surface area contributed by atoms with Crippen LogP contribution in [0.5, 0.6) is 0 Å². The average molecular weight is 361 g/mol. The van der Waals surface area contributed by atoms with Crippen LogP contribution in [0, 0.1) is 11.6 Å². The molecule has 0 saturated carbocycles. The molecule has 0 bridgehead atoms. The highest BCUT2D eigenvalue weighted by Gasteiger charge is 2.20. The predicted molar refractivity (Wildman–Crippen MR) is 87.8 cm³/mol. The number of rotatable bonds is 3. The van der Waals surface area contributed by atoms with Gasteiger partial charge >= 0.3 is 0 Å². The van der Waals surface area contributed by atoms with Gasteiger partial charge in [-0.2, -0.15) is 10.2 Å². The predicted octanol–water partition coefficient (Wildman–Crippen LogP) is 3.15. The zero-order valence-electron chi connectivity index (χ0n) is 12.7. The first-order valence-electron chi connectivity index (χ1n) is 7.40. The summed E-state index contributed by atoms with van der Waals surface area (Å²) in [6.45, 7) is 0.864. The summed E-state index contributed by atoms with van der Waals surface area (Å²) in [4.78, 5) is 7.33. The van der Waals surface area contributed by atoms with E-state index in [4.69, 9.17) is 11.6 Å². The molecule has 0 saturated heterocycles. The van der Waals surface area contributed by atoms with E-state index in [0.29, 0.717) is 29.6 Å². The van der Waals surface area contributed by atoms with Gasteiger partial charge in [-0.05, 0) is 24.3 Å². The molecule has 0 atom stereocenters. The van der Waals surface area contributed by atoms with E-state index in [1.54, 1.807) is 23.4 Å². The van der Waals surface area contributed by atoms with E-state index >= 15 is 0 Å².